The first-order valence-electron chi connectivity index (χ1n) is 7.70. The van der Waals surface area contributed by atoms with Crippen molar-refractivity contribution in [3.05, 3.63) is 59.9 Å². The van der Waals surface area contributed by atoms with E-state index in [4.69, 9.17) is 0 Å². The summed E-state index contributed by atoms with van der Waals surface area (Å²) in [5, 5.41) is 12.5. The molecule has 0 saturated carbocycles. The molecule has 1 fully saturated rings. The van der Waals surface area contributed by atoms with E-state index in [1.165, 1.54) is 17.0 Å². The summed E-state index contributed by atoms with van der Waals surface area (Å²) < 4.78 is 14.2. The van der Waals surface area contributed by atoms with Crippen LogP contribution in [0.4, 0.5) is 15.8 Å². The first-order valence-corrected chi connectivity index (χ1v) is 7.70. The van der Waals surface area contributed by atoms with Crippen molar-refractivity contribution in [3.63, 3.8) is 0 Å². The van der Waals surface area contributed by atoms with Crippen LogP contribution in [-0.2, 0) is 9.59 Å². The topological polar surface area (TPSA) is 69.6 Å². The number of rotatable bonds is 4. The second kappa shape index (κ2) is 6.80. The highest BCUT2D eigenvalue weighted by Crippen LogP contribution is 2.27. The molecule has 0 radical (unpaired) electrons. The Morgan fingerprint density at radius 1 is 1.21 bits per heavy atom. The molecule has 6 heteroatoms. The first kappa shape index (κ1) is 16.1. The van der Waals surface area contributed by atoms with Crippen molar-refractivity contribution in [2.75, 3.05) is 16.8 Å². The van der Waals surface area contributed by atoms with E-state index in [9.17, 15) is 19.1 Å². The van der Waals surface area contributed by atoms with Gasteiger partial charge in [-0.2, -0.15) is 0 Å². The molecule has 1 saturated heterocycles. The predicted molar refractivity (Wildman–Crippen MR) is 88.0 cm³/mol. The van der Waals surface area contributed by atoms with Crippen LogP contribution in [0, 0.1) is 5.82 Å². The molecule has 2 N–H and O–H groups in total. The van der Waals surface area contributed by atoms with Crippen LogP contribution >= 0.6 is 0 Å². The van der Waals surface area contributed by atoms with E-state index in [1.807, 2.05) is 0 Å². The lowest BCUT2D eigenvalue weighted by Gasteiger charge is -2.17. The standard InChI is InChI=1S/C18H17FN2O3/c19-14-11-13(8-9-15(14)21-10-4-7-16(21)22)20-18(24)17(23)12-5-2-1-3-6-12/h1-3,5-6,8-9,11,17,23H,4,7,10H2,(H,20,24). The SMILES string of the molecule is O=C(Nc1ccc(N2CCCC2=O)c(F)c1)C(O)c1ccccc1. The van der Waals surface area contributed by atoms with Crippen LogP contribution in [-0.4, -0.2) is 23.5 Å². The fourth-order valence-electron chi connectivity index (χ4n) is 2.70. The van der Waals surface area contributed by atoms with Gasteiger partial charge in [0.05, 0.1) is 5.69 Å². The van der Waals surface area contributed by atoms with Crippen LogP contribution in [0.1, 0.15) is 24.5 Å². The number of hydrogen-bond donors (Lipinski definition) is 2. The molecule has 24 heavy (non-hydrogen) atoms. The number of anilines is 2. The average molecular weight is 328 g/mol. The summed E-state index contributed by atoms with van der Waals surface area (Å²) in [6.07, 6.45) is -0.213. The Hall–Kier alpha value is -2.73. The number of halogens is 1. The highest BCUT2D eigenvalue weighted by molar-refractivity contribution is 5.97. The number of nitrogens with zero attached hydrogens (tertiary/aromatic N) is 1. The molecule has 2 aromatic carbocycles. The Morgan fingerprint density at radius 3 is 2.58 bits per heavy atom. The van der Waals surface area contributed by atoms with Gasteiger partial charge in [-0.05, 0) is 30.2 Å². The van der Waals surface area contributed by atoms with Crippen molar-refractivity contribution < 1.29 is 19.1 Å². The second-order valence-corrected chi connectivity index (χ2v) is 5.62. The van der Waals surface area contributed by atoms with E-state index in [0.29, 0.717) is 24.9 Å². The summed E-state index contributed by atoms with van der Waals surface area (Å²) in [5.74, 6) is -1.34. The quantitative estimate of drug-likeness (QED) is 0.906. The fourth-order valence-corrected chi connectivity index (χ4v) is 2.70. The zero-order valence-corrected chi connectivity index (χ0v) is 12.9. The Morgan fingerprint density at radius 2 is 1.96 bits per heavy atom. The van der Waals surface area contributed by atoms with Crippen LogP contribution in [0.5, 0.6) is 0 Å². The third kappa shape index (κ3) is 3.28. The van der Waals surface area contributed by atoms with Gasteiger partial charge < -0.3 is 15.3 Å². The number of carbonyl (C=O) groups is 2. The predicted octanol–water partition coefficient (Wildman–Crippen LogP) is 2.62. The van der Waals surface area contributed by atoms with Crippen molar-refractivity contribution in [3.8, 4) is 0 Å². The highest BCUT2D eigenvalue weighted by Gasteiger charge is 2.24. The van der Waals surface area contributed by atoms with Gasteiger partial charge in [-0.15, -0.1) is 0 Å². The van der Waals surface area contributed by atoms with Gasteiger partial charge in [-0.3, -0.25) is 9.59 Å². The molecule has 1 aliphatic rings. The van der Waals surface area contributed by atoms with Gasteiger partial charge in [0.2, 0.25) is 5.91 Å². The van der Waals surface area contributed by atoms with Crippen molar-refractivity contribution in [1.82, 2.24) is 0 Å². The van der Waals surface area contributed by atoms with Crippen LogP contribution in [0.25, 0.3) is 0 Å². The third-order valence-electron chi connectivity index (χ3n) is 3.94. The smallest absolute Gasteiger partial charge is 0.257 e. The van der Waals surface area contributed by atoms with Crippen LogP contribution in [0.3, 0.4) is 0 Å². The lowest BCUT2D eigenvalue weighted by Crippen LogP contribution is -2.25. The maximum atomic E-state index is 14.2. The average Bonchev–Trinajstić information content (AvgIpc) is 3.01. The molecular weight excluding hydrogens is 311 g/mol. The minimum atomic E-state index is -1.34. The fraction of sp³-hybridized carbons (Fsp3) is 0.222. The van der Waals surface area contributed by atoms with Gasteiger partial charge in [0, 0.05) is 18.7 Å². The zero-order valence-electron chi connectivity index (χ0n) is 12.9. The molecular formula is C18H17FN2O3. The summed E-state index contributed by atoms with van der Waals surface area (Å²) in [7, 11) is 0. The van der Waals surface area contributed by atoms with Crippen LogP contribution < -0.4 is 10.2 Å². The number of benzene rings is 2. The number of amides is 2. The lowest BCUT2D eigenvalue weighted by molar-refractivity contribution is -0.124. The number of aliphatic hydroxyl groups excluding tert-OH is 1. The first-order chi connectivity index (χ1) is 11.6. The van der Waals surface area contributed by atoms with E-state index in [0.717, 1.165) is 6.07 Å². The van der Waals surface area contributed by atoms with Crippen molar-refractivity contribution in [2.45, 2.75) is 18.9 Å². The maximum Gasteiger partial charge on any atom is 0.257 e. The highest BCUT2D eigenvalue weighted by atomic mass is 19.1. The summed E-state index contributed by atoms with van der Waals surface area (Å²) in [4.78, 5) is 25.2. The molecule has 1 heterocycles. The van der Waals surface area contributed by atoms with Crippen molar-refractivity contribution >= 4 is 23.2 Å². The number of nitrogens with one attached hydrogen (secondary N) is 1. The molecule has 1 aliphatic heterocycles. The minimum absolute atomic E-state index is 0.106. The molecule has 0 aromatic heterocycles. The Labute approximate surface area is 138 Å². The molecule has 3 rings (SSSR count). The minimum Gasteiger partial charge on any atom is -0.378 e. The van der Waals surface area contributed by atoms with Crippen LogP contribution in [0.2, 0.25) is 0 Å². The molecule has 5 nitrogen and oxygen atoms in total. The Balaban J connectivity index is 1.73. The van der Waals surface area contributed by atoms with Crippen molar-refractivity contribution in [1.29, 1.82) is 0 Å². The largest absolute Gasteiger partial charge is 0.378 e. The van der Waals surface area contributed by atoms with E-state index in [2.05, 4.69) is 5.32 Å². The molecule has 0 aliphatic carbocycles. The normalized spacial score (nSPS) is 15.4. The number of hydrogen-bond acceptors (Lipinski definition) is 3. The lowest BCUT2D eigenvalue weighted by atomic mass is 10.1. The van der Waals surface area contributed by atoms with E-state index >= 15 is 0 Å². The third-order valence-corrected chi connectivity index (χ3v) is 3.94. The Kier molecular flexibility index (Phi) is 4.57. The summed E-state index contributed by atoms with van der Waals surface area (Å²) in [5.41, 5.74) is 0.886. The van der Waals surface area contributed by atoms with E-state index in [1.54, 1.807) is 30.3 Å². The second-order valence-electron chi connectivity index (χ2n) is 5.62. The monoisotopic (exact) mass is 328 g/mol. The molecule has 0 spiro atoms. The van der Waals surface area contributed by atoms with E-state index in [-0.39, 0.29) is 17.3 Å². The van der Waals surface area contributed by atoms with Crippen LogP contribution in [0.15, 0.2) is 48.5 Å². The summed E-state index contributed by atoms with van der Waals surface area (Å²) in [6, 6.07) is 12.6. The molecule has 124 valence electrons. The molecule has 2 aromatic rings. The maximum absolute atomic E-state index is 14.2. The van der Waals surface area contributed by atoms with E-state index < -0.39 is 17.8 Å². The van der Waals surface area contributed by atoms with Gasteiger partial charge in [0.1, 0.15) is 5.82 Å². The molecule has 2 amide bonds. The van der Waals surface area contributed by atoms with Gasteiger partial charge in [-0.1, -0.05) is 30.3 Å². The van der Waals surface area contributed by atoms with Gasteiger partial charge in [-0.25, -0.2) is 4.39 Å². The molecule has 1 unspecified atom stereocenters. The number of carbonyl (C=O) groups excluding carboxylic acids is 2. The Bertz CT molecular complexity index is 764. The van der Waals surface area contributed by atoms with Gasteiger partial charge >= 0.3 is 0 Å². The molecule has 1 atom stereocenters. The molecule has 0 bridgehead atoms. The van der Waals surface area contributed by atoms with Gasteiger partial charge in [0.25, 0.3) is 5.91 Å². The number of aliphatic hydroxyl groups is 1. The zero-order chi connectivity index (χ0) is 17.1. The summed E-state index contributed by atoms with van der Waals surface area (Å²) >= 11 is 0. The van der Waals surface area contributed by atoms with Gasteiger partial charge in [0.15, 0.2) is 6.10 Å². The van der Waals surface area contributed by atoms with Crippen molar-refractivity contribution in [2.24, 2.45) is 0 Å². The summed E-state index contributed by atoms with van der Waals surface area (Å²) in [6.45, 7) is 0.494.